The van der Waals surface area contributed by atoms with Gasteiger partial charge >= 0.3 is 0 Å². The van der Waals surface area contributed by atoms with E-state index in [2.05, 4.69) is 39.7 Å². The summed E-state index contributed by atoms with van der Waals surface area (Å²) in [7, 11) is -1.73. The van der Waals surface area contributed by atoms with Crippen LogP contribution in [0.15, 0.2) is 78.3 Å². The van der Waals surface area contributed by atoms with Gasteiger partial charge in [0.25, 0.3) is 5.91 Å². The number of amides is 1. The van der Waals surface area contributed by atoms with Crippen molar-refractivity contribution in [1.82, 2.24) is 9.78 Å². The summed E-state index contributed by atoms with van der Waals surface area (Å²) < 4.78 is 51.2. The molecular formula is C47H61ClN4O8S. The standard InChI is InChI=1S/C47H61ClN4O8S/c1-5-9-33(27-59-45-17-21-52(7-3)49-45)29-61(55,30-38(53)28-58-39-18-22-57-23-19-39)50-46(54)35-12-16-44-42(25-35)51(26-36-11-14-40(36)43(6-2)56-4)31-47(32-60-44)20-8-10-34-24-37(48)13-15-41(34)47/h5-6,12-13,15-17,21,24-25,33,36,39-40,43H,1-2,7-11,14,18-20,22-23,26-32H2,3-4H3/t33-,36+,40-,43+,47+,61+/m1/s1. The minimum atomic E-state index is -3.46. The third-order valence-corrected chi connectivity index (χ3v) is 15.3. The van der Waals surface area contributed by atoms with Gasteiger partial charge in [-0.3, -0.25) is 14.3 Å². The Kier molecular flexibility index (Phi) is 15.1. The Morgan fingerprint density at radius 2 is 1.97 bits per heavy atom. The van der Waals surface area contributed by atoms with Crippen molar-refractivity contribution in [3.05, 3.63) is 95.7 Å². The van der Waals surface area contributed by atoms with Gasteiger partial charge in [-0.15, -0.1) is 18.3 Å². The number of ether oxygens (including phenoxy) is 5. The number of Topliss-reactive ketones (excluding diaryl/α,β-unsaturated/α-hetero) is 1. The van der Waals surface area contributed by atoms with Crippen molar-refractivity contribution < 1.29 is 37.5 Å². The van der Waals surface area contributed by atoms with E-state index in [0.29, 0.717) is 75.6 Å². The van der Waals surface area contributed by atoms with Gasteiger partial charge in [-0.2, -0.15) is 4.36 Å². The molecule has 1 spiro atoms. The molecule has 330 valence electrons. The number of methoxy groups -OCH3 is 1. The quantitative estimate of drug-likeness (QED) is 0.110. The zero-order chi connectivity index (χ0) is 43.0. The summed E-state index contributed by atoms with van der Waals surface area (Å²) in [6, 6.07) is 13.3. The number of carbonyl (C=O) groups excluding carboxylic acids is 2. The molecule has 61 heavy (non-hydrogen) atoms. The largest absolute Gasteiger partial charge is 0.490 e. The molecule has 14 heteroatoms. The van der Waals surface area contributed by atoms with Crippen LogP contribution in [0, 0.1) is 17.8 Å². The number of hydrogen-bond donors (Lipinski definition) is 0. The average Bonchev–Trinajstić information content (AvgIpc) is 3.66. The highest BCUT2D eigenvalue weighted by atomic mass is 35.5. The summed E-state index contributed by atoms with van der Waals surface area (Å²) in [5.41, 5.74) is 3.25. The van der Waals surface area contributed by atoms with Gasteiger partial charge in [0.2, 0.25) is 5.88 Å². The van der Waals surface area contributed by atoms with Crippen LogP contribution in [0.3, 0.4) is 0 Å². The molecule has 1 amide bonds. The monoisotopic (exact) mass is 876 g/mol. The fourth-order valence-corrected chi connectivity index (χ4v) is 11.9. The Morgan fingerprint density at radius 3 is 2.69 bits per heavy atom. The molecule has 2 aromatic carbocycles. The first-order valence-electron chi connectivity index (χ1n) is 21.8. The fourth-order valence-electron chi connectivity index (χ4n) is 9.50. The predicted octanol–water partition coefficient (Wildman–Crippen LogP) is 7.90. The first-order valence-corrected chi connectivity index (χ1v) is 24.0. The SMILES string of the molecule is C=CC[C@H](COc1ccn(CC)n1)C[S@](=O)(CC(=O)COC1CCOCC1)=NC(=O)c1ccc2c(c1)N(C[C@@H]1CC[C@H]1[C@H](C=C)OC)C[C@@]1(CCCc3cc(Cl)ccc31)CO2. The maximum Gasteiger partial charge on any atom is 0.285 e. The summed E-state index contributed by atoms with van der Waals surface area (Å²) in [4.78, 5) is 30.3. The Bertz CT molecular complexity index is 2160. The van der Waals surface area contributed by atoms with Crippen molar-refractivity contribution >= 4 is 38.7 Å². The van der Waals surface area contributed by atoms with Gasteiger partial charge in [-0.25, -0.2) is 4.21 Å². The number of nitrogens with zero attached hydrogens (tertiary/aromatic N) is 4. The van der Waals surface area contributed by atoms with Gasteiger partial charge < -0.3 is 28.6 Å². The molecule has 3 heterocycles. The highest BCUT2D eigenvalue weighted by Gasteiger charge is 2.44. The smallest absolute Gasteiger partial charge is 0.285 e. The number of halogens is 1. The van der Waals surface area contributed by atoms with Gasteiger partial charge in [0, 0.05) is 79.9 Å². The number of fused-ring (bicyclic) bond motifs is 3. The number of benzene rings is 2. The molecule has 1 saturated heterocycles. The molecule has 3 aromatic rings. The molecule has 0 N–H and O–H groups in total. The van der Waals surface area contributed by atoms with Crippen molar-refractivity contribution in [2.45, 2.75) is 82.5 Å². The topological polar surface area (TPSA) is 131 Å². The maximum atomic E-state index is 15.0. The molecule has 2 aliphatic carbocycles. The van der Waals surface area contributed by atoms with Crippen molar-refractivity contribution in [2.24, 2.45) is 22.1 Å². The Balaban J connectivity index is 1.20. The average molecular weight is 878 g/mol. The zero-order valence-electron chi connectivity index (χ0n) is 35.6. The molecule has 1 saturated carbocycles. The lowest BCUT2D eigenvalue weighted by Crippen LogP contribution is -2.49. The van der Waals surface area contributed by atoms with Crippen LogP contribution in [-0.2, 0) is 47.1 Å². The van der Waals surface area contributed by atoms with Gasteiger partial charge in [0.15, 0.2) is 5.78 Å². The van der Waals surface area contributed by atoms with E-state index in [0.717, 1.165) is 49.4 Å². The molecule has 6 atom stereocenters. The molecule has 0 bridgehead atoms. The van der Waals surface area contributed by atoms with E-state index in [9.17, 15) is 9.59 Å². The number of hydrogen-bond acceptors (Lipinski definition) is 10. The van der Waals surface area contributed by atoms with Crippen LogP contribution < -0.4 is 14.4 Å². The van der Waals surface area contributed by atoms with E-state index in [4.69, 9.17) is 35.3 Å². The Hall–Kier alpha value is -4.01. The van der Waals surface area contributed by atoms with Crippen LogP contribution in [0.4, 0.5) is 5.69 Å². The van der Waals surface area contributed by atoms with Crippen molar-refractivity contribution in [2.75, 3.05) is 69.6 Å². The molecule has 2 aliphatic heterocycles. The Morgan fingerprint density at radius 1 is 1.13 bits per heavy atom. The second-order valence-corrected chi connectivity index (χ2v) is 19.9. The highest BCUT2D eigenvalue weighted by molar-refractivity contribution is 7.94. The number of aryl methyl sites for hydroxylation is 2. The summed E-state index contributed by atoms with van der Waals surface area (Å²) >= 11 is 6.50. The normalized spacial score (nSPS) is 23.2. The summed E-state index contributed by atoms with van der Waals surface area (Å²) in [6.07, 6.45) is 12.1. The van der Waals surface area contributed by atoms with Crippen molar-refractivity contribution in [1.29, 1.82) is 0 Å². The van der Waals surface area contributed by atoms with E-state index >= 15 is 4.21 Å². The molecule has 12 nitrogen and oxygen atoms in total. The van der Waals surface area contributed by atoms with E-state index in [1.165, 1.54) is 11.1 Å². The minimum absolute atomic E-state index is 0.0541. The summed E-state index contributed by atoms with van der Waals surface area (Å²) in [5.74, 6) is -0.126. The molecule has 7 rings (SSSR count). The molecule has 2 fully saturated rings. The van der Waals surface area contributed by atoms with E-state index in [1.807, 2.05) is 37.4 Å². The van der Waals surface area contributed by atoms with E-state index in [1.54, 1.807) is 30.0 Å². The van der Waals surface area contributed by atoms with Crippen molar-refractivity contribution in [3.8, 4) is 11.6 Å². The number of allylic oxidation sites excluding steroid dienone is 1. The molecule has 0 unspecified atom stereocenters. The number of ketones is 1. The van der Waals surface area contributed by atoms with Crippen LogP contribution in [0.2, 0.25) is 5.02 Å². The molecular weight excluding hydrogens is 816 g/mol. The number of carbonyl (C=O) groups is 2. The number of anilines is 1. The van der Waals surface area contributed by atoms with Gasteiger partial charge in [-0.1, -0.05) is 29.8 Å². The Labute approximate surface area is 366 Å². The van der Waals surface area contributed by atoms with E-state index in [-0.39, 0.29) is 53.9 Å². The first kappa shape index (κ1) is 45.0. The molecule has 4 aliphatic rings. The minimum Gasteiger partial charge on any atom is -0.490 e. The maximum absolute atomic E-state index is 15.0. The zero-order valence-corrected chi connectivity index (χ0v) is 37.2. The molecule has 1 aromatic heterocycles. The second kappa shape index (κ2) is 20.4. The third-order valence-electron chi connectivity index (χ3n) is 12.8. The molecule has 0 radical (unpaired) electrons. The first-order chi connectivity index (χ1) is 29.5. The van der Waals surface area contributed by atoms with Gasteiger partial charge in [0.05, 0.1) is 46.6 Å². The predicted molar refractivity (Wildman–Crippen MR) is 239 cm³/mol. The van der Waals surface area contributed by atoms with Crippen LogP contribution in [-0.4, -0.2) is 103 Å². The fraction of sp³-hybridized carbons (Fsp3) is 0.553. The lowest BCUT2D eigenvalue weighted by molar-refractivity contribution is -0.125. The lowest BCUT2D eigenvalue weighted by atomic mass is 9.68. The van der Waals surface area contributed by atoms with Crippen LogP contribution in [0.25, 0.3) is 0 Å². The number of aromatic nitrogens is 2. The van der Waals surface area contributed by atoms with Crippen molar-refractivity contribution in [3.63, 3.8) is 0 Å². The van der Waals surface area contributed by atoms with Gasteiger partial charge in [0.1, 0.15) is 12.4 Å². The summed E-state index contributed by atoms with van der Waals surface area (Å²) in [5, 5.41) is 5.14. The van der Waals surface area contributed by atoms with Crippen LogP contribution in [0.5, 0.6) is 11.6 Å². The second-order valence-electron chi connectivity index (χ2n) is 17.1. The van der Waals surface area contributed by atoms with Gasteiger partial charge in [-0.05, 0) is 112 Å². The van der Waals surface area contributed by atoms with Crippen LogP contribution >= 0.6 is 11.6 Å². The van der Waals surface area contributed by atoms with Crippen LogP contribution in [0.1, 0.15) is 73.4 Å². The lowest BCUT2D eigenvalue weighted by Gasteiger charge is -2.46. The highest BCUT2D eigenvalue weighted by Crippen LogP contribution is 2.47. The summed E-state index contributed by atoms with van der Waals surface area (Å²) in [6.45, 7) is 13.6. The van der Waals surface area contributed by atoms with E-state index < -0.39 is 21.4 Å². The third kappa shape index (κ3) is 11.0. The number of rotatable bonds is 19.